The van der Waals surface area contributed by atoms with Crippen LogP contribution in [0.3, 0.4) is 0 Å². The van der Waals surface area contributed by atoms with Crippen LogP contribution in [0, 0.1) is 0 Å². The molecule has 0 spiro atoms. The molecule has 6 heteroatoms. The Hall–Kier alpha value is -2.05. The van der Waals surface area contributed by atoms with E-state index in [9.17, 15) is 4.79 Å². The Morgan fingerprint density at radius 2 is 1.85 bits per heavy atom. The monoisotopic (exact) mass is 421 g/mol. The quantitative estimate of drug-likeness (QED) is 0.584. The second kappa shape index (κ2) is 10.2. The molecule has 0 bridgehead atoms. The highest BCUT2D eigenvalue weighted by Gasteiger charge is 2.10. The van der Waals surface area contributed by atoms with Gasteiger partial charge < -0.3 is 19.5 Å². The van der Waals surface area contributed by atoms with Gasteiger partial charge in [0.25, 0.3) is 5.91 Å². The summed E-state index contributed by atoms with van der Waals surface area (Å²) in [7, 11) is 0. The SMILES string of the molecule is CCOCCOc1ccc(NC(=O)c2ccc(OC(C)C)c(Br)c2)cc1. The first-order valence-corrected chi connectivity index (χ1v) is 9.37. The smallest absolute Gasteiger partial charge is 0.255 e. The Morgan fingerprint density at radius 3 is 2.46 bits per heavy atom. The summed E-state index contributed by atoms with van der Waals surface area (Å²) in [6.45, 7) is 7.59. The van der Waals surface area contributed by atoms with Crippen molar-refractivity contribution >= 4 is 27.5 Å². The van der Waals surface area contributed by atoms with Crippen LogP contribution in [0.5, 0.6) is 11.5 Å². The molecule has 0 fully saturated rings. The average molecular weight is 422 g/mol. The van der Waals surface area contributed by atoms with Crippen LogP contribution in [0.1, 0.15) is 31.1 Å². The Bertz CT molecular complexity index is 716. The van der Waals surface area contributed by atoms with E-state index in [1.54, 1.807) is 30.3 Å². The number of hydrogen-bond donors (Lipinski definition) is 1. The van der Waals surface area contributed by atoms with Crippen LogP contribution in [-0.2, 0) is 4.74 Å². The Morgan fingerprint density at radius 1 is 1.12 bits per heavy atom. The molecule has 0 aliphatic rings. The van der Waals surface area contributed by atoms with Gasteiger partial charge in [0.1, 0.15) is 18.1 Å². The number of amides is 1. The van der Waals surface area contributed by atoms with Crippen LogP contribution >= 0.6 is 15.9 Å². The van der Waals surface area contributed by atoms with E-state index in [0.29, 0.717) is 36.8 Å². The summed E-state index contributed by atoms with van der Waals surface area (Å²) in [5.74, 6) is 1.26. The van der Waals surface area contributed by atoms with Crippen molar-refractivity contribution in [2.75, 3.05) is 25.1 Å². The molecule has 1 amide bonds. The molecule has 1 N–H and O–H groups in total. The highest BCUT2D eigenvalue weighted by Crippen LogP contribution is 2.27. The molecule has 140 valence electrons. The summed E-state index contributed by atoms with van der Waals surface area (Å²) in [5.41, 5.74) is 1.25. The summed E-state index contributed by atoms with van der Waals surface area (Å²) in [6.07, 6.45) is 0.0697. The number of hydrogen-bond acceptors (Lipinski definition) is 4. The second-order valence-corrected chi connectivity index (χ2v) is 6.69. The molecular weight excluding hydrogens is 398 g/mol. The number of carbonyl (C=O) groups excluding carboxylic acids is 1. The Balaban J connectivity index is 1.93. The second-order valence-electron chi connectivity index (χ2n) is 5.84. The molecule has 0 radical (unpaired) electrons. The third-order valence-corrected chi connectivity index (χ3v) is 3.99. The van der Waals surface area contributed by atoms with Crippen LogP contribution in [0.4, 0.5) is 5.69 Å². The van der Waals surface area contributed by atoms with Crippen LogP contribution in [0.25, 0.3) is 0 Å². The highest BCUT2D eigenvalue weighted by atomic mass is 79.9. The molecule has 0 saturated carbocycles. The normalized spacial score (nSPS) is 10.7. The maximum atomic E-state index is 12.4. The van der Waals surface area contributed by atoms with E-state index >= 15 is 0 Å². The Kier molecular flexibility index (Phi) is 7.94. The van der Waals surface area contributed by atoms with E-state index in [-0.39, 0.29) is 12.0 Å². The minimum Gasteiger partial charge on any atom is -0.491 e. The molecule has 26 heavy (non-hydrogen) atoms. The van der Waals surface area contributed by atoms with Crippen molar-refractivity contribution in [2.45, 2.75) is 26.9 Å². The number of ether oxygens (including phenoxy) is 3. The maximum absolute atomic E-state index is 12.4. The van der Waals surface area contributed by atoms with E-state index in [4.69, 9.17) is 14.2 Å². The summed E-state index contributed by atoms with van der Waals surface area (Å²) in [6, 6.07) is 12.5. The van der Waals surface area contributed by atoms with E-state index in [1.165, 1.54) is 0 Å². The summed E-state index contributed by atoms with van der Waals surface area (Å²) in [5, 5.41) is 2.87. The van der Waals surface area contributed by atoms with Crippen molar-refractivity contribution in [3.05, 3.63) is 52.5 Å². The molecule has 2 rings (SSSR count). The van der Waals surface area contributed by atoms with Crippen molar-refractivity contribution in [1.82, 2.24) is 0 Å². The van der Waals surface area contributed by atoms with Gasteiger partial charge in [-0.25, -0.2) is 0 Å². The van der Waals surface area contributed by atoms with E-state index in [1.807, 2.05) is 32.9 Å². The number of halogens is 1. The minimum atomic E-state index is -0.188. The van der Waals surface area contributed by atoms with Crippen LogP contribution in [-0.4, -0.2) is 31.8 Å². The largest absolute Gasteiger partial charge is 0.491 e. The fraction of sp³-hybridized carbons (Fsp3) is 0.350. The lowest BCUT2D eigenvalue weighted by atomic mass is 10.2. The molecule has 2 aromatic rings. The van der Waals surface area contributed by atoms with Crippen LogP contribution < -0.4 is 14.8 Å². The van der Waals surface area contributed by atoms with Crippen molar-refractivity contribution < 1.29 is 19.0 Å². The van der Waals surface area contributed by atoms with Gasteiger partial charge in [-0.1, -0.05) is 0 Å². The zero-order valence-electron chi connectivity index (χ0n) is 15.3. The van der Waals surface area contributed by atoms with Gasteiger partial charge in [0.2, 0.25) is 0 Å². The number of anilines is 1. The fourth-order valence-corrected chi connectivity index (χ4v) is 2.66. The number of nitrogens with one attached hydrogen (secondary N) is 1. The van der Waals surface area contributed by atoms with E-state index in [0.717, 1.165) is 10.2 Å². The molecule has 0 aliphatic carbocycles. The van der Waals surface area contributed by atoms with Crippen molar-refractivity contribution in [3.8, 4) is 11.5 Å². The molecule has 0 aromatic heterocycles. The third-order valence-electron chi connectivity index (χ3n) is 3.37. The number of rotatable bonds is 9. The molecule has 5 nitrogen and oxygen atoms in total. The van der Waals surface area contributed by atoms with E-state index < -0.39 is 0 Å². The standard InChI is InChI=1S/C20H24BrNO4/c1-4-24-11-12-25-17-8-6-16(7-9-17)22-20(23)15-5-10-19(18(21)13-15)26-14(2)3/h5-10,13-14H,4,11-12H2,1-3H3,(H,22,23). The first-order valence-electron chi connectivity index (χ1n) is 8.57. The van der Waals surface area contributed by atoms with Crippen LogP contribution in [0.2, 0.25) is 0 Å². The van der Waals surface area contributed by atoms with Gasteiger partial charge in [-0.2, -0.15) is 0 Å². The molecule has 0 aliphatic heterocycles. The summed E-state index contributed by atoms with van der Waals surface area (Å²) in [4.78, 5) is 12.4. The molecule has 0 unspecified atom stereocenters. The van der Waals surface area contributed by atoms with Gasteiger partial charge in [0.05, 0.1) is 17.2 Å². The Labute approximate surface area is 162 Å². The van der Waals surface area contributed by atoms with Gasteiger partial charge in [-0.3, -0.25) is 4.79 Å². The van der Waals surface area contributed by atoms with Gasteiger partial charge >= 0.3 is 0 Å². The first-order chi connectivity index (χ1) is 12.5. The number of benzene rings is 2. The zero-order chi connectivity index (χ0) is 18.9. The predicted molar refractivity (Wildman–Crippen MR) is 106 cm³/mol. The lowest BCUT2D eigenvalue weighted by Crippen LogP contribution is -2.12. The topological polar surface area (TPSA) is 56.8 Å². The van der Waals surface area contributed by atoms with Gasteiger partial charge in [0, 0.05) is 17.9 Å². The van der Waals surface area contributed by atoms with Crippen molar-refractivity contribution in [2.24, 2.45) is 0 Å². The minimum absolute atomic E-state index is 0.0697. The molecule has 0 heterocycles. The summed E-state index contributed by atoms with van der Waals surface area (Å²) < 4.78 is 17.2. The van der Waals surface area contributed by atoms with Gasteiger partial charge in [-0.15, -0.1) is 0 Å². The zero-order valence-corrected chi connectivity index (χ0v) is 16.8. The van der Waals surface area contributed by atoms with E-state index in [2.05, 4.69) is 21.2 Å². The van der Waals surface area contributed by atoms with Crippen molar-refractivity contribution in [3.63, 3.8) is 0 Å². The first kappa shape index (κ1) is 20.3. The maximum Gasteiger partial charge on any atom is 0.255 e. The lowest BCUT2D eigenvalue weighted by Gasteiger charge is -2.12. The van der Waals surface area contributed by atoms with Crippen LogP contribution in [0.15, 0.2) is 46.9 Å². The molecule has 0 saturated heterocycles. The fourth-order valence-electron chi connectivity index (χ4n) is 2.19. The highest BCUT2D eigenvalue weighted by molar-refractivity contribution is 9.10. The molecular formula is C20H24BrNO4. The predicted octanol–water partition coefficient (Wildman–Crippen LogP) is 4.90. The molecule has 0 atom stereocenters. The van der Waals surface area contributed by atoms with Crippen molar-refractivity contribution in [1.29, 1.82) is 0 Å². The van der Waals surface area contributed by atoms with Gasteiger partial charge in [-0.05, 0) is 79.2 Å². The lowest BCUT2D eigenvalue weighted by molar-refractivity contribution is 0.102. The molecule has 2 aromatic carbocycles. The number of carbonyl (C=O) groups is 1. The average Bonchev–Trinajstić information content (AvgIpc) is 2.61. The third kappa shape index (κ3) is 6.35. The van der Waals surface area contributed by atoms with Gasteiger partial charge in [0.15, 0.2) is 0 Å². The summed E-state index contributed by atoms with van der Waals surface area (Å²) >= 11 is 3.44.